The van der Waals surface area contributed by atoms with E-state index in [2.05, 4.69) is 0 Å². The summed E-state index contributed by atoms with van der Waals surface area (Å²) in [4.78, 5) is 11.1. The lowest BCUT2D eigenvalue weighted by Crippen LogP contribution is -2.45. The summed E-state index contributed by atoms with van der Waals surface area (Å²) in [6.07, 6.45) is 0.453. The van der Waals surface area contributed by atoms with Crippen molar-refractivity contribution in [2.45, 2.75) is 20.3 Å². The Morgan fingerprint density at radius 1 is 1.42 bits per heavy atom. The second-order valence-corrected chi connectivity index (χ2v) is 4.87. The van der Waals surface area contributed by atoms with Crippen LogP contribution in [-0.4, -0.2) is 5.78 Å². The highest BCUT2D eigenvalue weighted by Crippen LogP contribution is 2.49. The van der Waals surface area contributed by atoms with Crippen LogP contribution in [0.3, 0.4) is 0 Å². The molecule has 1 aliphatic rings. The van der Waals surface area contributed by atoms with E-state index in [1.807, 2.05) is 13.8 Å². The predicted molar refractivity (Wildman–Crippen MR) is 51.5 cm³/mol. The number of ketones is 1. The van der Waals surface area contributed by atoms with Crippen molar-refractivity contribution >= 4 is 40.6 Å². The molecule has 4 heteroatoms. The average Bonchev–Trinajstić information content (AvgIpc) is 1.98. The Labute approximate surface area is 86.7 Å². The minimum atomic E-state index is -0.397. The summed E-state index contributed by atoms with van der Waals surface area (Å²) in [7, 11) is 0. The Hall–Kier alpha value is 0.280. The van der Waals surface area contributed by atoms with E-state index in [4.69, 9.17) is 34.8 Å². The zero-order chi connectivity index (χ0) is 9.52. The molecule has 0 N–H and O–H groups in total. The van der Waals surface area contributed by atoms with Crippen LogP contribution in [0.15, 0.2) is 9.52 Å². The van der Waals surface area contributed by atoms with E-state index in [-0.39, 0.29) is 16.2 Å². The van der Waals surface area contributed by atoms with Gasteiger partial charge in [-0.15, -0.1) is 0 Å². The van der Waals surface area contributed by atoms with Crippen LogP contribution >= 0.6 is 34.8 Å². The second kappa shape index (κ2) is 3.21. The lowest BCUT2D eigenvalue weighted by atomic mass is 9.61. The molecule has 1 nitrogen and oxygen atoms in total. The van der Waals surface area contributed by atoms with Crippen LogP contribution in [0.2, 0.25) is 0 Å². The molecule has 1 aliphatic carbocycles. The van der Waals surface area contributed by atoms with Crippen molar-refractivity contribution in [1.29, 1.82) is 0 Å². The van der Waals surface area contributed by atoms with E-state index in [0.29, 0.717) is 11.5 Å². The molecule has 0 aromatic carbocycles. The minimum absolute atomic E-state index is 0.00309. The highest BCUT2D eigenvalue weighted by molar-refractivity contribution is 6.59. The molecule has 12 heavy (non-hydrogen) atoms. The smallest absolute Gasteiger partial charge is 0.139 e. The fourth-order valence-electron chi connectivity index (χ4n) is 1.30. The number of hydrogen-bond acceptors (Lipinski definition) is 1. The summed E-state index contributed by atoms with van der Waals surface area (Å²) in [6, 6.07) is 0. The summed E-state index contributed by atoms with van der Waals surface area (Å²) in [5, 5.41) is 0.405. The molecule has 1 unspecified atom stereocenters. The van der Waals surface area contributed by atoms with Gasteiger partial charge in [0, 0.05) is 17.8 Å². The topological polar surface area (TPSA) is 17.1 Å². The maximum absolute atomic E-state index is 11.1. The van der Waals surface area contributed by atoms with E-state index in [1.165, 1.54) is 0 Å². The molecule has 0 amide bonds. The first kappa shape index (κ1) is 10.4. The van der Waals surface area contributed by atoms with Crippen LogP contribution in [0.25, 0.3) is 0 Å². The Balaban J connectivity index is 2.84. The van der Waals surface area contributed by atoms with Crippen molar-refractivity contribution in [2.24, 2.45) is 11.3 Å². The van der Waals surface area contributed by atoms with Crippen molar-refractivity contribution in [3.05, 3.63) is 9.52 Å². The van der Waals surface area contributed by atoms with Gasteiger partial charge in [0.25, 0.3) is 0 Å². The molecule has 68 valence electrons. The highest BCUT2D eigenvalue weighted by Gasteiger charge is 2.49. The van der Waals surface area contributed by atoms with Gasteiger partial charge in [0.2, 0.25) is 0 Å². The SMILES string of the molecule is CC1(C)C(=O)CC1C(Cl)=C(Cl)Cl. The summed E-state index contributed by atoms with van der Waals surface area (Å²) in [5.74, 6) is 0.205. The van der Waals surface area contributed by atoms with Crippen LogP contribution < -0.4 is 0 Å². The van der Waals surface area contributed by atoms with E-state index in [9.17, 15) is 4.79 Å². The van der Waals surface area contributed by atoms with Gasteiger partial charge in [-0.2, -0.15) is 0 Å². The van der Waals surface area contributed by atoms with Gasteiger partial charge in [-0.25, -0.2) is 0 Å². The fraction of sp³-hybridized carbons (Fsp3) is 0.625. The number of hydrogen-bond donors (Lipinski definition) is 0. The van der Waals surface area contributed by atoms with Crippen molar-refractivity contribution in [1.82, 2.24) is 0 Å². The van der Waals surface area contributed by atoms with Gasteiger partial charge in [-0.3, -0.25) is 4.79 Å². The van der Waals surface area contributed by atoms with Crippen LogP contribution in [0.4, 0.5) is 0 Å². The van der Waals surface area contributed by atoms with Gasteiger partial charge < -0.3 is 0 Å². The zero-order valence-electron chi connectivity index (χ0n) is 6.83. The van der Waals surface area contributed by atoms with Gasteiger partial charge in [0.1, 0.15) is 10.3 Å². The van der Waals surface area contributed by atoms with Crippen LogP contribution in [-0.2, 0) is 4.79 Å². The van der Waals surface area contributed by atoms with Crippen molar-refractivity contribution in [3.63, 3.8) is 0 Å². The van der Waals surface area contributed by atoms with Crippen molar-refractivity contribution in [3.8, 4) is 0 Å². The average molecular weight is 228 g/mol. The van der Waals surface area contributed by atoms with E-state index in [0.717, 1.165) is 0 Å². The van der Waals surface area contributed by atoms with Gasteiger partial charge in [-0.1, -0.05) is 48.7 Å². The molecule has 1 atom stereocenters. The van der Waals surface area contributed by atoms with Gasteiger partial charge in [-0.05, 0) is 0 Å². The molecule has 0 aliphatic heterocycles. The quantitative estimate of drug-likeness (QED) is 0.670. The predicted octanol–water partition coefficient (Wildman–Crippen LogP) is 3.49. The number of carbonyl (C=O) groups is 1. The molecule has 1 rings (SSSR count). The van der Waals surface area contributed by atoms with Crippen LogP contribution in [0.5, 0.6) is 0 Å². The first-order chi connectivity index (χ1) is 5.37. The summed E-state index contributed by atoms with van der Waals surface area (Å²) in [6.45, 7) is 3.70. The lowest BCUT2D eigenvalue weighted by Gasteiger charge is -2.42. The first-order valence-corrected chi connectivity index (χ1v) is 4.74. The number of Topliss-reactive ketones (excluding diaryl/α,β-unsaturated/α-hetero) is 1. The Kier molecular flexibility index (Phi) is 2.77. The van der Waals surface area contributed by atoms with Crippen molar-refractivity contribution in [2.75, 3.05) is 0 Å². The largest absolute Gasteiger partial charge is 0.299 e. The maximum atomic E-state index is 11.1. The molecule has 0 radical (unpaired) electrons. The number of rotatable bonds is 1. The molecular formula is C8H9Cl3O. The van der Waals surface area contributed by atoms with E-state index in [1.54, 1.807) is 0 Å². The molecule has 0 heterocycles. The third-order valence-corrected chi connectivity index (χ3v) is 3.52. The number of carbonyl (C=O) groups excluding carboxylic acids is 1. The van der Waals surface area contributed by atoms with E-state index < -0.39 is 5.41 Å². The molecule has 0 saturated heterocycles. The maximum Gasteiger partial charge on any atom is 0.139 e. The number of halogens is 3. The van der Waals surface area contributed by atoms with Crippen molar-refractivity contribution < 1.29 is 4.79 Å². The van der Waals surface area contributed by atoms with Crippen LogP contribution in [0, 0.1) is 11.3 Å². The zero-order valence-corrected chi connectivity index (χ0v) is 9.09. The highest BCUT2D eigenvalue weighted by atomic mass is 35.5. The first-order valence-electron chi connectivity index (χ1n) is 3.61. The monoisotopic (exact) mass is 226 g/mol. The Bertz CT molecular complexity index is 251. The van der Waals surface area contributed by atoms with Gasteiger partial charge in [0.05, 0.1) is 5.03 Å². The molecule has 0 aromatic heterocycles. The Morgan fingerprint density at radius 2 is 1.92 bits per heavy atom. The van der Waals surface area contributed by atoms with E-state index >= 15 is 0 Å². The fourth-order valence-corrected chi connectivity index (χ4v) is 1.92. The van der Waals surface area contributed by atoms with Gasteiger partial charge >= 0.3 is 0 Å². The summed E-state index contributed by atoms with van der Waals surface area (Å²) in [5.41, 5.74) is -0.397. The molecule has 0 spiro atoms. The summed E-state index contributed by atoms with van der Waals surface area (Å²) >= 11 is 16.9. The van der Waals surface area contributed by atoms with Crippen LogP contribution in [0.1, 0.15) is 20.3 Å². The number of allylic oxidation sites excluding steroid dienone is 1. The molecular weight excluding hydrogens is 218 g/mol. The summed E-state index contributed by atoms with van der Waals surface area (Å²) < 4.78 is 0.0715. The minimum Gasteiger partial charge on any atom is -0.299 e. The third-order valence-electron chi connectivity index (χ3n) is 2.47. The standard InChI is InChI=1S/C8H9Cl3O/c1-8(2)4(3-5(8)12)6(9)7(10)11/h4H,3H2,1-2H3. The van der Waals surface area contributed by atoms with Gasteiger partial charge in [0.15, 0.2) is 0 Å². The normalized spacial score (nSPS) is 26.4. The Morgan fingerprint density at radius 3 is 2.17 bits per heavy atom. The third kappa shape index (κ3) is 1.50. The molecule has 0 aromatic rings. The molecule has 1 fully saturated rings. The molecule has 0 bridgehead atoms. The second-order valence-electron chi connectivity index (χ2n) is 3.51. The molecule has 1 saturated carbocycles. The lowest BCUT2D eigenvalue weighted by molar-refractivity contribution is -0.140.